The number of esters is 1. The van der Waals surface area contributed by atoms with Gasteiger partial charge in [0.2, 0.25) is 0 Å². The lowest BCUT2D eigenvalue weighted by Crippen LogP contribution is -2.21. The van der Waals surface area contributed by atoms with Gasteiger partial charge >= 0.3 is 5.97 Å². The van der Waals surface area contributed by atoms with Crippen molar-refractivity contribution in [2.24, 2.45) is 0 Å². The predicted molar refractivity (Wildman–Crippen MR) is 87.8 cm³/mol. The number of amides is 2. The van der Waals surface area contributed by atoms with Gasteiger partial charge in [0, 0.05) is 18.3 Å². The van der Waals surface area contributed by atoms with E-state index in [0.717, 1.165) is 5.56 Å². The van der Waals surface area contributed by atoms with Crippen molar-refractivity contribution in [2.45, 2.75) is 6.92 Å². The second-order valence-electron chi connectivity index (χ2n) is 4.71. The number of hydrogen-bond donors (Lipinski definition) is 2. The Labute approximate surface area is 137 Å². The minimum atomic E-state index is -0.511. The Kier molecular flexibility index (Phi) is 5.48. The fraction of sp³-hybridized carbons (Fsp3) is 0.188. The van der Waals surface area contributed by atoms with E-state index in [4.69, 9.17) is 4.74 Å². The van der Waals surface area contributed by atoms with Crippen LogP contribution in [0.5, 0.6) is 0 Å². The summed E-state index contributed by atoms with van der Waals surface area (Å²) in [7, 11) is 1.54. The van der Waals surface area contributed by atoms with Crippen molar-refractivity contribution in [2.75, 3.05) is 19.0 Å². The molecule has 2 rings (SSSR count). The molecule has 0 saturated carbocycles. The number of ether oxygens (including phenoxy) is 1. The van der Waals surface area contributed by atoms with Gasteiger partial charge < -0.3 is 15.4 Å². The zero-order valence-corrected chi connectivity index (χ0v) is 13.5. The smallest absolute Gasteiger partial charge is 0.349 e. The molecule has 7 heteroatoms. The Bertz CT molecular complexity index is 722. The molecule has 0 radical (unpaired) electrons. The number of thiophene rings is 1. The lowest BCUT2D eigenvalue weighted by molar-refractivity contribution is -0.119. The third-order valence-corrected chi connectivity index (χ3v) is 4.04. The second kappa shape index (κ2) is 7.55. The Morgan fingerprint density at radius 2 is 1.83 bits per heavy atom. The Balaban J connectivity index is 1.86. The summed E-state index contributed by atoms with van der Waals surface area (Å²) in [4.78, 5) is 35.5. The van der Waals surface area contributed by atoms with Crippen molar-refractivity contribution in [3.05, 3.63) is 51.7 Å². The van der Waals surface area contributed by atoms with E-state index in [1.54, 1.807) is 43.6 Å². The van der Waals surface area contributed by atoms with Crippen LogP contribution >= 0.6 is 11.3 Å². The lowest BCUT2D eigenvalue weighted by atomic mass is 10.2. The summed E-state index contributed by atoms with van der Waals surface area (Å²) in [6.07, 6.45) is 0. The number of carbonyl (C=O) groups is 3. The summed E-state index contributed by atoms with van der Waals surface area (Å²) in [5.74, 6) is -1.16. The van der Waals surface area contributed by atoms with E-state index < -0.39 is 11.9 Å². The van der Waals surface area contributed by atoms with Crippen LogP contribution in [0.3, 0.4) is 0 Å². The zero-order chi connectivity index (χ0) is 16.8. The Morgan fingerprint density at radius 3 is 2.39 bits per heavy atom. The highest BCUT2D eigenvalue weighted by molar-refractivity contribution is 7.12. The molecule has 0 atom stereocenters. The number of hydrogen-bond acceptors (Lipinski definition) is 5. The van der Waals surface area contributed by atoms with Crippen LogP contribution in [0.2, 0.25) is 0 Å². The van der Waals surface area contributed by atoms with Gasteiger partial charge in [0.05, 0.1) is 0 Å². The summed E-state index contributed by atoms with van der Waals surface area (Å²) < 4.78 is 4.98. The summed E-state index contributed by atoms with van der Waals surface area (Å²) >= 11 is 1.28. The fourth-order valence-corrected chi connectivity index (χ4v) is 2.64. The number of aryl methyl sites for hydroxylation is 1. The van der Waals surface area contributed by atoms with Crippen LogP contribution in [-0.2, 0) is 9.53 Å². The SMILES string of the molecule is CNC(=O)c1ccc(NC(=O)COC(=O)c2sccc2C)cc1. The standard InChI is InChI=1S/C16H16N2O4S/c1-10-7-8-23-14(10)16(21)22-9-13(19)18-12-5-3-11(4-6-12)15(20)17-2/h3-8H,9H2,1-2H3,(H,17,20)(H,18,19). The van der Waals surface area contributed by atoms with E-state index >= 15 is 0 Å². The van der Waals surface area contributed by atoms with Gasteiger partial charge in [-0.1, -0.05) is 0 Å². The van der Waals surface area contributed by atoms with Crippen molar-refractivity contribution in [1.29, 1.82) is 0 Å². The lowest BCUT2D eigenvalue weighted by Gasteiger charge is -2.07. The molecule has 0 aliphatic carbocycles. The van der Waals surface area contributed by atoms with Crippen LogP contribution < -0.4 is 10.6 Å². The molecule has 2 amide bonds. The first-order valence-corrected chi connectivity index (χ1v) is 7.72. The maximum Gasteiger partial charge on any atom is 0.349 e. The van der Waals surface area contributed by atoms with Gasteiger partial charge in [0.1, 0.15) is 4.88 Å². The van der Waals surface area contributed by atoms with Crippen LogP contribution in [0.25, 0.3) is 0 Å². The zero-order valence-electron chi connectivity index (χ0n) is 12.7. The first-order chi connectivity index (χ1) is 11.0. The van der Waals surface area contributed by atoms with Gasteiger partial charge in [0.25, 0.3) is 11.8 Å². The van der Waals surface area contributed by atoms with Crippen LogP contribution in [0.4, 0.5) is 5.69 Å². The molecule has 1 aromatic carbocycles. The van der Waals surface area contributed by atoms with Crippen molar-refractivity contribution in [3.63, 3.8) is 0 Å². The van der Waals surface area contributed by atoms with Crippen molar-refractivity contribution in [3.8, 4) is 0 Å². The number of rotatable bonds is 5. The summed E-state index contributed by atoms with van der Waals surface area (Å²) in [6.45, 7) is 1.44. The molecule has 23 heavy (non-hydrogen) atoms. The van der Waals surface area contributed by atoms with Crippen molar-refractivity contribution < 1.29 is 19.1 Å². The van der Waals surface area contributed by atoms with Crippen LogP contribution in [0, 0.1) is 6.92 Å². The third-order valence-electron chi connectivity index (χ3n) is 3.04. The minimum absolute atomic E-state index is 0.205. The highest BCUT2D eigenvalue weighted by Gasteiger charge is 2.14. The molecule has 0 unspecified atom stereocenters. The Hall–Kier alpha value is -2.67. The average Bonchev–Trinajstić information content (AvgIpc) is 2.98. The van der Waals surface area contributed by atoms with E-state index in [0.29, 0.717) is 16.1 Å². The van der Waals surface area contributed by atoms with Crippen LogP contribution in [0.15, 0.2) is 35.7 Å². The first-order valence-electron chi connectivity index (χ1n) is 6.84. The minimum Gasteiger partial charge on any atom is -0.451 e. The molecule has 1 heterocycles. The molecule has 0 bridgehead atoms. The number of carbonyl (C=O) groups excluding carboxylic acids is 3. The average molecular weight is 332 g/mol. The van der Waals surface area contributed by atoms with Crippen molar-refractivity contribution in [1.82, 2.24) is 5.32 Å². The number of nitrogens with one attached hydrogen (secondary N) is 2. The molecular weight excluding hydrogens is 316 g/mol. The van der Waals surface area contributed by atoms with Gasteiger partial charge in [-0.2, -0.15) is 0 Å². The molecule has 0 fully saturated rings. The fourth-order valence-electron chi connectivity index (χ4n) is 1.82. The molecule has 2 N–H and O–H groups in total. The largest absolute Gasteiger partial charge is 0.451 e. The van der Waals surface area contributed by atoms with Crippen LogP contribution in [-0.4, -0.2) is 31.4 Å². The van der Waals surface area contributed by atoms with Gasteiger partial charge in [-0.25, -0.2) is 4.79 Å². The van der Waals surface area contributed by atoms with E-state index in [1.807, 2.05) is 6.07 Å². The molecule has 1 aromatic heterocycles. The molecule has 6 nitrogen and oxygen atoms in total. The normalized spacial score (nSPS) is 10.0. The molecule has 0 aliphatic heterocycles. The van der Waals surface area contributed by atoms with Gasteiger partial charge in [-0.15, -0.1) is 11.3 Å². The van der Waals surface area contributed by atoms with E-state index in [9.17, 15) is 14.4 Å². The highest BCUT2D eigenvalue weighted by Crippen LogP contribution is 2.16. The van der Waals surface area contributed by atoms with E-state index in [2.05, 4.69) is 10.6 Å². The van der Waals surface area contributed by atoms with Gasteiger partial charge in [-0.05, 0) is 48.2 Å². The predicted octanol–water partition coefficient (Wildman–Crippen LogP) is 2.21. The summed E-state index contributed by atoms with van der Waals surface area (Å²) in [6, 6.07) is 8.21. The maximum absolute atomic E-state index is 11.8. The number of anilines is 1. The Morgan fingerprint density at radius 1 is 1.13 bits per heavy atom. The maximum atomic E-state index is 11.8. The van der Waals surface area contributed by atoms with Gasteiger partial charge in [-0.3, -0.25) is 9.59 Å². The number of benzene rings is 1. The topological polar surface area (TPSA) is 84.5 Å². The monoisotopic (exact) mass is 332 g/mol. The molecule has 0 aliphatic rings. The summed E-state index contributed by atoms with van der Waals surface area (Å²) in [5, 5.41) is 6.90. The first kappa shape index (κ1) is 16.7. The molecular formula is C16H16N2O4S. The quantitative estimate of drug-likeness (QED) is 0.822. The van der Waals surface area contributed by atoms with E-state index in [-0.39, 0.29) is 12.5 Å². The third kappa shape index (κ3) is 4.40. The second-order valence-corrected chi connectivity index (χ2v) is 5.63. The van der Waals surface area contributed by atoms with Gasteiger partial charge in [0.15, 0.2) is 6.61 Å². The summed E-state index contributed by atoms with van der Waals surface area (Å²) in [5.41, 5.74) is 1.83. The molecule has 2 aromatic rings. The molecule has 0 saturated heterocycles. The highest BCUT2D eigenvalue weighted by atomic mass is 32.1. The molecule has 120 valence electrons. The molecule has 0 spiro atoms. The van der Waals surface area contributed by atoms with Crippen molar-refractivity contribution >= 4 is 34.8 Å². The van der Waals surface area contributed by atoms with E-state index in [1.165, 1.54) is 11.3 Å². The van der Waals surface area contributed by atoms with Crippen LogP contribution in [0.1, 0.15) is 25.6 Å².